The Kier molecular flexibility index (Phi) is 6.70. The SMILES string of the molecule is CC(C)[C@]1(C(=O)N2CCC(O)(c3ccccc3)CC2)CC[C@@H](OC(=O)NC(C)(C)C)C1. The second-order valence-corrected chi connectivity index (χ2v) is 10.6. The van der Waals surface area contributed by atoms with Gasteiger partial charge in [-0.3, -0.25) is 4.79 Å². The number of benzene rings is 1. The Bertz CT molecular complexity index is 778. The minimum atomic E-state index is -0.880. The van der Waals surface area contributed by atoms with Gasteiger partial charge in [0.15, 0.2) is 0 Å². The summed E-state index contributed by atoms with van der Waals surface area (Å²) < 4.78 is 5.66. The fourth-order valence-electron chi connectivity index (χ4n) is 5.01. The van der Waals surface area contributed by atoms with Gasteiger partial charge in [-0.15, -0.1) is 0 Å². The molecular weight excluding hydrogens is 392 g/mol. The van der Waals surface area contributed by atoms with Crippen molar-refractivity contribution in [3.05, 3.63) is 35.9 Å². The molecule has 2 fully saturated rings. The number of likely N-dealkylation sites (tertiary alicyclic amines) is 1. The van der Waals surface area contributed by atoms with Crippen LogP contribution in [0.5, 0.6) is 0 Å². The highest BCUT2D eigenvalue weighted by Gasteiger charge is 2.51. The van der Waals surface area contributed by atoms with E-state index in [0.717, 1.165) is 12.0 Å². The molecule has 2 atom stereocenters. The van der Waals surface area contributed by atoms with E-state index >= 15 is 0 Å². The number of carbonyl (C=O) groups excluding carboxylic acids is 2. The number of hydrogen-bond donors (Lipinski definition) is 2. The molecule has 1 aromatic rings. The van der Waals surface area contributed by atoms with E-state index in [2.05, 4.69) is 19.2 Å². The normalized spacial score (nSPS) is 26.0. The predicted molar refractivity (Wildman–Crippen MR) is 120 cm³/mol. The molecule has 3 rings (SSSR count). The monoisotopic (exact) mass is 430 g/mol. The molecule has 6 nitrogen and oxygen atoms in total. The van der Waals surface area contributed by atoms with Crippen LogP contribution in [0.1, 0.15) is 72.3 Å². The van der Waals surface area contributed by atoms with Crippen molar-refractivity contribution in [1.82, 2.24) is 10.2 Å². The summed E-state index contributed by atoms with van der Waals surface area (Å²) in [5.41, 5.74) is -0.839. The van der Waals surface area contributed by atoms with Crippen LogP contribution in [0.25, 0.3) is 0 Å². The van der Waals surface area contributed by atoms with Crippen LogP contribution in [-0.2, 0) is 15.1 Å². The van der Waals surface area contributed by atoms with E-state index in [1.165, 1.54) is 0 Å². The highest BCUT2D eigenvalue weighted by atomic mass is 16.6. The van der Waals surface area contributed by atoms with Crippen LogP contribution < -0.4 is 5.32 Å². The van der Waals surface area contributed by atoms with Gasteiger partial charge in [-0.25, -0.2) is 4.79 Å². The third-order valence-electron chi connectivity index (χ3n) is 6.98. The fraction of sp³-hybridized carbons (Fsp3) is 0.680. The lowest BCUT2D eigenvalue weighted by Gasteiger charge is -2.43. The highest BCUT2D eigenvalue weighted by molar-refractivity contribution is 5.83. The number of hydrogen-bond acceptors (Lipinski definition) is 4. The van der Waals surface area contributed by atoms with Gasteiger partial charge >= 0.3 is 6.09 Å². The second-order valence-electron chi connectivity index (χ2n) is 10.6. The Balaban J connectivity index is 1.64. The van der Waals surface area contributed by atoms with E-state index in [4.69, 9.17) is 4.74 Å². The van der Waals surface area contributed by atoms with E-state index in [0.29, 0.717) is 38.8 Å². The number of ether oxygens (including phenoxy) is 1. The van der Waals surface area contributed by atoms with Gasteiger partial charge in [-0.05, 0) is 64.4 Å². The molecule has 31 heavy (non-hydrogen) atoms. The highest BCUT2D eigenvalue weighted by Crippen LogP contribution is 2.47. The lowest BCUT2D eigenvalue weighted by atomic mass is 9.73. The summed E-state index contributed by atoms with van der Waals surface area (Å²) in [7, 11) is 0. The van der Waals surface area contributed by atoms with Crippen LogP contribution in [0.3, 0.4) is 0 Å². The number of piperidine rings is 1. The number of nitrogens with one attached hydrogen (secondary N) is 1. The van der Waals surface area contributed by atoms with Crippen LogP contribution in [0.2, 0.25) is 0 Å². The number of aliphatic hydroxyl groups is 1. The molecule has 6 heteroatoms. The molecule has 1 aliphatic carbocycles. The first-order chi connectivity index (χ1) is 14.5. The number of rotatable bonds is 4. The maximum absolute atomic E-state index is 13.7. The summed E-state index contributed by atoms with van der Waals surface area (Å²) in [6, 6.07) is 9.72. The Hall–Kier alpha value is -2.08. The molecule has 0 aromatic heterocycles. The van der Waals surface area contributed by atoms with Crippen molar-refractivity contribution in [3.8, 4) is 0 Å². The third kappa shape index (κ3) is 5.22. The Morgan fingerprint density at radius 1 is 1.13 bits per heavy atom. The van der Waals surface area contributed by atoms with E-state index in [1.807, 2.05) is 56.0 Å². The van der Waals surface area contributed by atoms with Gasteiger partial charge in [0.2, 0.25) is 5.91 Å². The number of alkyl carbamates (subject to hydrolysis) is 1. The molecule has 1 aliphatic heterocycles. The standard InChI is InChI=1S/C25H38N2O4/c1-18(2)24(12-11-20(17-24)31-22(29)26-23(3,4)5)21(28)27-15-13-25(30,14-16-27)19-9-7-6-8-10-19/h6-10,18,20,30H,11-17H2,1-5H3,(H,26,29)/t20-,24+/m1/s1. The zero-order valence-corrected chi connectivity index (χ0v) is 19.6. The first-order valence-corrected chi connectivity index (χ1v) is 11.5. The van der Waals surface area contributed by atoms with Crippen LogP contribution in [0.4, 0.5) is 4.79 Å². The third-order valence-corrected chi connectivity index (χ3v) is 6.98. The van der Waals surface area contributed by atoms with Gasteiger partial charge in [-0.1, -0.05) is 44.2 Å². The van der Waals surface area contributed by atoms with Gasteiger partial charge in [-0.2, -0.15) is 0 Å². The van der Waals surface area contributed by atoms with Crippen molar-refractivity contribution in [3.63, 3.8) is 0 Å². The zero-order valence-electron chi connectivity index (χ0n) is 19.6. The summed E-state index contributed by atoms with van der Waals surface area (Å²) in [6.07, 6.45) is 2.37. The zero-order chi connectivity index (χ0) is 22.9. The van der Waals surface area contributed by atoms with Crippen LogP contribution in [0.15, 0.2) is 30.3 Å². The lowest BCUT2D eigenvalue weighted by Crippen LogP contribution is -2.51. The molecular formula is C25H38N2O4. The largest absolute Gasteiger partial charge is 0.446 e. The number of amides is 2. The van der Waals surface area contributed by atoms with Crippen molar-refractivity contribution in [1.29, 1.82) is 0 Å². The molecule has 2 amide bonds. The molecule has 1 saturated heterocycles. The summed E-state index contributed by atoms with van der Waals surface area (Å²) in [5.74, 6) is 0.286. The molecule has 172 valence electrons. The molecule has 1 heterocycles. The smallest absolute Gasteiger partial charge is 0.407 e. The van der Waals surface area contributed by atoms with Crippen molar-refractivity contribution in [2.75, 3.05) is 13.1 Å². The molecule has 0 unspecified atom stereocenters. The molecule has 1 aromatic carbocycles. The minimum Gasteiger partial charge on any atom is -0.446 e. The van der Waals surface area contributed by atoms with Gasteiger partial charge in [0.25, 0.3) is 0 Å². The molecule has 0 bridgehead atoms. The van der Waals surface area contributed by atoms with E-state index < -0.39 is 17.1 Å². The lowest BCUT2D eigenvalue weighted by molar-refractivity contribution is -0.149. The van der Waals surface area contributed by atoms with Gasteiger partial charge in [0.05, 0.1) is 11.0 Å². The fourth-order valence-corrected chi connectivity index (χ4v) is 5.01. The maximum atomic E-state index is 13.7. The summed E-state index contributed by atoms with van der Waals surface area (Å²) >= 11 is 0. The molecule has 2 aliphatic rings. The molecule has 2 N–H and O–H groups in total. The maximum Gasteiger partial charge on any atom is 0.407 e. The summed E-state index contributed by atoms with van der Waals surface area (Å²) in [4.78, 5) is 27.8. The van der Waals surface area contributed by atoms with Crippen molar-refractivity contribution >= 4 is 12.0 Å². The van der Waals surface area contributed by atoms with E-state index in [1.54, 1.807) is 0 Å². The predicted octanol–water partition coefficient (Wildman–Crippen LogP) is 4.22. The Morgan fingerprint density at radius 3 is 2.29 bits per heavy atom. The minimum absolute atomic E-state index is 0.139. The topological polar surface area (TPSA) is 78.9 Å². The van der Waals surface area contributed by atoms with Crippen molar-refractivity contribution in [2.45, 2.75) is 84.0 Å². The van der Waals surface area contributed by atoms with Crippen LogP contribution in [-0.4, -0.2) is 46.7 Å². The van der Waals surface area contributed by atoms with E-state index in [9.17, 15) is 14.7 Å². The summed E-state index contributed by atoms with van der Waals surface area (Å²) in [5, 5.41) is 13.9. The second kappa shape index (κ2) is 8.81. The van der Waals surface area contributed by atoms with Crippen molar-refractivity contribution in [2.24, 2.45) is 11.3 Å². The van der Waals surface area contributed by atoms with Crippen molar-refractivity contribution < 1.29 is 19.4 Å². The van der Waals surface area contributed by atoms with Gasteiger partial charge in [0, 0.05) is 18.6 Å². The number of carbonyl (C=O) groups is 2. The van der Waals surface area contributed by atoms with Crippen LogP contribution >= 0.6 is 0 Å². The first-order valence-electron chi connectivity index (χ1n) is 11.5. The Morgan fingerprint density at radius 2 is 1.74 bits per heavy atom. The molecule has 0 spiro atoms. The van der Waals surface area contributed by atoms with Crippen LogP contribution in [0, 0.1) is 11.3 Å². The average molecular weight is 431 g/mol. The van der Waals surface area contributed by atoms with Gasteiger partial charge in [0.1, 0.15) is 6.10 Å². The van der Waals surface area contributed by atoms with Gasteiger partial charge < -0.3 is 20.1 Å². The Labute approximate surface area is 186 Å². The molecule has 0 radical (unpaired) electrons. The first kappa shape index (κ1) is 23.6. The van der Waals surface area contributed by atoms with E-state index in [-0.39, 0.29) is 23.5 Å². The number of nitrogens with zero attached hydrogens (tertiary/aromatic N) is 1. The summed E-state index contributed by atoms with van der Waals surface area (Å²) in [6.45, 7) is 11.0. The molecule has 1 saturated carbocycles. The average Bonchev–Trinajstić information content (AvgIpc) is 3.12. The quantitative estimate of drug-likeness (QED) is 0.750.